The Morgan fingerprint density at radius 3 is 2.24 bits per heavy atom. The van der Waals surface area contributed by atoms with Gasteiger partial charge in [-0.25, -0.2) is 0 Å². The summed E-state index contributed by atoms with van der Waals surface area (Å²) in [5.41, 5.74) is 4.92. The molecule has 1 N–H and O–H groups in total. The van der Waals surface area contributed by atoms with Gasteiger partial charge in [0.15, 0.2) is 0 Å². The molecule has 1 heteroatoms. The summed E-state index contributed by atoms with van der Waals surface area (Å²) in [7, 11) is 1.93. The molecule has 0 fully saturated rings. The van der Waals surface area contributed by atoms with Crippen molar-refractivity contribution in [2.24, 2.45) is 0 Å². The van der Waals surface area contributed by atoms with Crippen LogP contribution in [0.3, 0.4) is 0 Å². The van der Waals surface area contributed by atoms with Crippen molar-refractivity contribution < 1.29 is 0 Å². The minimum atomic E-state index is 1.11. The van der Waals surface area contributed by atoms with Crippen molar-refractivity contribution in [3.05, 3.63) is 66.3 Å². The van der Waals surface area contributed by atoms with Crippen LogP contribution in [0.15, 0.2) is 49.6 Å². The quantitative estimate of drug-likeness (QED) is 0.604. The molecule has 0 spiro atoms. The normalized spacial score (nSPS) is 10.0. The highest BCUT2D eigenvalue weighted by atomic mass is 14.8. The molecule has 0 aliphatic heterocycles. The van der Waals surface area contributed by atoms with E-state index < -0.39 is 0 Å². The summed E-state index contributed by atoms with van der Waals surface area (Å²) >= 11 is 0. The highest BCUT2D eigenvalue weighted by Gasteiger charge is 2.01. The minimum Gasteiger partial charge on any atom is -0.388 e. The lowest BCUT2D eigenvalue weighted by atomic mass is 10.0. The standard InChI is InChI=1S/C13H17N.C3H6/c1-5-6-13(14-4)12-8-7-10(2)9-11(12)3;1-3-2/h5-9,14H,1H2,2-4H3;3H,1H2,2H3/b13-6-;. The van der Waals surface area contributed by atoms with Crippen molar-refractivity contribution in [1.82, 2.24) is 5.32 Å². The topological polar surface area (TPSA) is 12.0 Å². The van der Waals surface area contributed by atoms with E-state index in [9.17, 15) is 0 Å². The molecule has 1 aromatic rings. The van der Waals surface area contributed by atoms with Crippen LogP contribution in [0.5, 0.6) is 0 Å². The van der Waals surface area contributed by atoms with Crippen LogP contribution in [0.4, 0.5) is 0 Å². The second kappa shape index (κ2) is 8.40. The van der Waals surface area contributed by atoms with Crippen molar-refractivity contribution in [1.29, 1.82) is 0 Å². The van der Waals surface area contributed by atoms with Crippen molar-refractivity contribution in [3.63, 3.8) is 0 Å². The molecular formula is C16H23N. The molecule has 0 saturated carbocycles. The fourth-order valence-electron chi connectivity index (χ4n) is 1.54. The summed E-state index contributed by atoms with van der Waals surface area (Å²) in [6, 6.07) is 6.44. The predicted molar refractivity (Wildman–Crippen MR) is 79.0 cm³/mol. The molecule has 17 heavy (non-hydrogen) atoms. The summed E-state index contributed by atoms with van der Waals surface area (Å²) in [6.07, 6.45) is 5.53. The Bertz CT molecular complexity index is 400. The molecule has 1 nitrogen and oxygen atoms in total. The molecule has 0 aliphatic carbocycles. The van der Waals surface area contributed by atoms with Gasteiger partial charge in [0, 0.05) is 18.3 Å². The molecular weight excluding hydrogens is 206 g/mol. The maximum atomic E-state index is 3.70. The lowest BCUT2D eigenvalue weighted by Crippen LogP contribution is -2.05. The zero-order chi connectivity index (χ0) is 13.3. The molecule has 0 saturated heterocycles. The molecule has 0 bridgehead atoms. The van der Waals surface area contributed by atoms with Crippen molar-refractivity contribution >= 4 is 5.70 Å². The van der Waals surface area contributed by atoms with E-state index in [-0.39, 0.29) is 0 Å². The van der Waals surface area contributed by atoms with Crippen LogP contribution in [0.2, 0.25) is 0 Å². The summed E-state index contributed by atoms with van der Waals surface area (Å²) in [5, 5.41) is 3.17. The molecule has 0 unspecified atom stereocenters. The number of allylic oxidation sites excluding steroid dienone is 3. The minimum absolute atomic E-state index is 1.11. The third-order valence-electron chi connectivity index (χ3n) is 2.23. The maximum absolute atomic E-state index is 3.70. The Kier molecular flexibility index (Phi) is 7.53. The summed E-state index contributed by atoms with van der Waals surface area (Å²) in [5.74, 6) is 0. The Hall–Kier alpha value is -1.76. The van der Waals surface area contributed by atoms with Crippen LogP contribution in [0.25, 0.3) is 5.70 Å². The summed E-state index contributed by atoms with van der Waals surface area (Å²) < 4.78 is 0. The lowest BCUT2D eigenvalue weighted by molar-refractivity contribution is 1.12. The lowest BCUT2D eigenvalue weighted by Gasteiger charge is -2.10. The number of hydrogen-bond donors (Lipinski definition) is 1. The highest BCUT2D eigenvalue weighted by molar-refractivity contribution is 5.68. The first kappa shape index (κ1) is 15.2. The van der Waals surface area contributed by atoms with Crippen LogP contribution in [0.1, 0.15) is 23.6 Å². The van der Waals surface area contributed by atoms with Gasteiger partial charge in [0.1, 0.15) is 0 Å². The number of benzene rings is 1. The first-order valence-corrected chi connectivity index (χ1v) is 5.75. The molecule has 0 heterocycles. The van der Waals surface area contributed by atoms with Gasteiger partial charge >= 0.3 is 0 Å². The van der Waals surface area contributed by atoms with Gasteiger partial charge in [-0.15, -0.1) is 6.58 Å². The SMILES string of the molecule is C=C/C=C(\NC)c1ccc(C)cc1C.C=CC. The van der Waals surface area contributed by atoms with E-state index in [1.807, 2.05) is 20.0 Å². The Balaban J connectivity index is 0.000000770. The smallest absolute Gasteiger partial charge is 0.0413 e. The number of nitrogens with one attached hydrogen (secondary N) is 1. The van der Waals surface area contributed by atoms with E-state index in [4.69, 9.17) is 0 Å². The van der Waals surface area contributed by atoms with Gasteiger partial charge in [-0.1, -0.05) is 42.5 Å². The fourth-order valence-corrected chi connectivity index (χ4v) is 1.54. The zero-order valence-electron chi connectivity index (χ0n) is 11.4. The van der Waals surface area contributed by atoms with E-state index in [1.165, 1.54) is 16.7 Å². The number of hydrogen-bond acceptors (Lipinski definition) is 1. The average Bonchev–Trinajstić information content (AvgIpc) is 2.28. The third kappa shape index (κ3) is 5.21. The van der Waals surface area contributed by atoms with Crippen LogP contribution in [-0.4, -0.2) is 7.05 Å². The Labute approximate surface area is 106 Å². The van der Waals surface area contributed by atoms with Gasteiger partial charge in [0.2, 0.25) is 0 Å². The van der Waals surface area contributed by atoms with E-state index in [0.29, 0.717) is 0 Å². The zero-order valence-corrected chi connectivity index (χ0v) is 11.4. The van der Waals surface area contributed by atoms with Gasteiger partial charge < -0.3 is 5.32 Å². The van der Waals surface area contributed by atoms with Crippen LogP contribution in [-0.2, 0) is 0 Å². The number of aryl methyl sites for hydroxylation is 2. The van der Waals surface area contributed by atoms with Crippen molar-refractivity contribution in [2.75, 3.05) is 7.05 Å². The van der Waals surface area contributed by atoms with E-state index in [0.717, 1.165) is 5.70 Å². The van der Waals surface area contributed by atoms with Crippen LogP contribution < -0.4 is 5.32 Å². The number of rotatable bonds is 3. The van der Waals surface area contributed by atoms with E-state index >= 15 is 0 Å². The monoisotopic (exact) mass is 229 g/mol. The highest BCUT2D eigenvalue weighted by Crippen LogP contribution is 2.17. The average molecular weight is 229 g/mol. The molecule has 0 radical (unpaired) electrons. The molecule has 92 valence electrons. The first-order valence-electron chi connectivity index (χ1n) is 5.75. The van der Waals surface area contributed by atoms with E-state index in [2.05, 4.69) is 50.5 Å². The van der Waals surface area contributed by atoms with Gasteiger partial charge in [-0.2, -0.15) is 0 Å². The summed E-state index contributed by atoms with van der Waals surface area (Å²) in [4.78, 5) is 0. The molecule has 0 amide bonds. The molecule has 0 aromatic heterocycles. The first-order chi connectivity index (χ1) is 8.10. The molecule has 0 aliphatic rings. The molecule has 1 rings (SSSR count). The predicted octanol–water partition coefficient (Wildman–Crippen LogP) is 4.24. The summed E-state index contributed by atoms with van der Waals surface area (Å²) in [6.45, 7) is 13.2. The van der Waals surface area contributed by atoms with Crippen molar-refractivity contribution in [2.45, 2.75) is 20.8 Å². The Morgan fingerprint density at radius 1 is 1.24 bits per heavy atom. The largest absolute Gasteiger partial charge is 0.388 e. The van der Waals surface area contributed by atoms with Gasteiger partial charge in [0.25, 0.3) is 0 Å². The molecule has 0 atom stereocenters. The van der Waals surface area contributed by atoms with Gasteiger partial charge in [0.05, 0.1) is 0 Å². The second-order valence-corrected chi connectivity index (χ2v) is 3.79. The van der Waals surface area contributed by atoms with Gasteiger partial charge in [-0.05, 0) is 32.4 Å². The Morgan fingerprint density at radius 2 is 1.82 bits per heavy atom. The van der Waals surface area contributed by atoms with Crippen molar-refractivity contribution in [3.8, 4) is 0 Å². The van der Waals surface area contributed by atoms with Crippen LogP contribution >= 0.6 is 0 Å². The van der Waals surface area contributed by atoms with E-state index in [1.54, 1.807) is 12.2 Å². The molecule has 1 aromatic carbocycles. The van der Waals surface area contributed by atoms with Gasteiger partial charge in [-0.3, -0.25) is 0 Å². The fraction of sp³-hybridized carbons (Fsp3) is 0.250. The second-order valence-electron chi connectivity index (χ2n) is 3.79. The van der Waals surface area contributed by atoms with Crippen LogP contribution in [0, 0.1) is 13.8 Å². The third-order valence-corrected chi connectivity index (χ3v) is 2.23. The maximum Gasteiger partial charge on any atom is 0.0413 e.